The van der Waals surface area contributed by atoms with Crippen molar-refractivity contribution < 1.29 is 19.3 Å². The summed E-state index contributed by atoms with van der Waals surface area (Å²) in [6, 6.07) is 11.5. The van der Waals surface area contributed by atoms with Gasteiger partial charge in [0.05, 0.1) is 6.61 Å². The minimum atomic E-state index is -0.409. The van der Waals surface area contributed by atoms with Crippen molar-refractivity contribution >= 4 is 0 Å². The van der Waals surface area contributed by atoms with Gasteiger partial charge in [0.15, 0.2) is 0 Å². The first kappa shape index (κ1) is 15.0. The summed E-state index contributed by atoms with van der Waals surface area (Å²) in [5.41, 5.74) is 1.79. The SMILES string of the molecule is OCC#Cc1cc(F)cc(COc2ccccc2CO)c1. The van der Waals surface area contributed by atoms with Crippen LogP contribution in [0.1, 0.15) is 16.7 Å². The smallest absolute Gasteiger partial charge is 0.125 e. The lowest BCUT2D eigenvalue weighted by molar-refractivity contribution is 0.259. The van der Waals surface area contributed by atoms with Gasteiger partial charge in [-0.25, -0.2) is 4.39 Å². The first-order valence-electron chi connectivity index (χ1n) is 6.43. The molecule has 0 fully saturated rings. The Hall–Kier alpha value is -2.35. The zero-order chi connectivity index (χ0) is 15.1. The summed E-state index contributed by atoms with van der Waals surface area (Å²) in [5, 5.41) is 17.9. The molecular formula is C17H15FO3. The summed E-state index contributed by atoms with van der Waals surface area (Å²) >= 11 is 0. The monoisotopic (exact) mass is 286 g/mol. The second kappa shape index (κ2) is 7.44. The summed E-state index contributed by atoms with van der Waals surface area (Å²) < 4.78 is 19.1. The van der Waals surface area contributed by atoms with Crippen LogP contribution < -0.4 is 4.74 Å². The average molecular weight is 286 g/mol. The molecule has 3 nitrogen and oxygen atoms in total. The first-order valence-corrected chi connectivity index (χ1v) is 6.43. The summed E-state index contributed by atoms with van der Waals surface area (Å²) in [6.45, 7) is -0.221. The van der Waals surface area contributed by atoms with E-state index in [4.69, 9.17) is 9.84 Å². The van der Waals surface area contributed by atoms with Gasteiger partial charge in [-0.3, -0.25) is 0 Å². The van der Waals surface area contributed by atoms with Crippen molar-refractivity contribution in [3.63, 3.8) is 0 Å². The normalized spacial score (nSPS) is 9.86. The molecule has 0 bridgehead atoms. The topological polar surface area (TPSA) is 49.7 Å². The third-order valence-electron chi connectivity index (χ3n) is 2.81. The van der Waals surface area contributed by atoms with E-state index in [2.05, 4.69) is 11.8 Å². The van der Waals surface area contributed by atoms with Gasteiger partial charge in [-0.1, -0.05) is 30.0 Å². The maximum Gasteiger partial charge on any atom is 0.125 e. The Bertz CT molecular complexity index is 671. The Morgan fingerprint density at radius 1 is 1.10 bits per heavy atom. The van der Waals surface area contributed by atoms with Gasteiger partial charge in [0, 0.05) is 11.1 Å². The Balaban J connectivity index is 2.14. The molecule has 0 heterocycles. The molecule has 4 heteroatoms. The van der Waals surface area contributed by atoms with Crippen LogP contribution in [0.5, 0.6) is 5.75 Å². The van der Waals surface area contributed by atoms with Crippen LogP contribution in [0.15, 0.2) is 42.5 Å². The van der Waals surface area contributed by atoms with Crippen LogP contribution in [0.3, 0.4) is 0 Å². The van der Waals surface area contributed by atoms with Crippen LogP contribution in [0.4, 0.5) is 4.39 Å². The fourth-order valence-corrected chi connectivity index (χ4v) is 1.88. The highest BCUT2D eigenvalue weighted by molar-refractivity contribution is 5.38. The summed E-state index contributed by atoms with van der Waals surface area (Å²) in [6.07, 6.45) is 0. The molecule has 2 aromatic rings. The molecule has 0 aliphatic carbocycles. The zero-order valence-corrected chi connectivity index (χ0v) is 11.3. The average Bonchev–Trinajstić information content (AvgIpc) is 2.50. The number of hydrogen-bond donors (Lipinski definition) is 2. The Morgan fingerprint density at radius 2 is 1.90 bits per heavy atom. The molecule has 0 spiro atoms. The van der Waals surface area contributed by atoms with Crippen molar-refractivity contribution in [2.75, 3.05) is 6.61 Å². The number of para-hydroxylation sites is 1. The number of benzene rings is 2. The second-order valence-corrected chi connectivity index (χ2v) is 4.36. The minimum absolute atomic E-state index is 0.119. The molecule has 2 aromatic carbocycles. The van der Waals surface area contributed by atoms with E-state index in [0.29, 0.717) is 22.4 Å². The third-order valence-corrected chi connectivity index (χ3v) is 2.81. The highest BCUT2D eigenvalue weighted by Crippen LogP contribution is 2.19. The predicted octanol–water partition coefficient (Wildman–Crippen LogP) is 2.24. The highest BCUT2D eigenvalue weighted by Gasteiger charge is 2.04. The molecule has 0 radical (unpaired) electrons. The first-order chi connectivity index (χ1) is 10.2. The fourth-order valence-electron chi connectivity index (χ4n) is 1.88. The lowest BCUT2D eigenvalue weighted by Crippen LogP contribution is -1.99. The van der Waals surface area contributed by atoms with E-state index >= 15 is 0 Å². The molecule has 2 rings (SSSR count). The van der Waals surface area contributed by atoms with E-state index in [1.807, 2.05) is 6.07 Å². The molecule has 0 aliphatic rings. The van der Waals surface area contributed by atoms with Crippen LogP contribution in [-0.2, 0) is 13.2 Å². The van der Waals surface area contributed by atoms with Crippen LogP contribution in [-0.4, -0.2) is 16.8 Å². The molecule has 0 saturated carbocycles. The van der Waals surface area contributed by atoms with E-state index in [1.165, 1.54) is 12.1 Å². The van der Waals surface area contributed by atoms with Gasteiger partial charge >= 0.3 is 0 Å². The molecular weight excluding hydrogens is 271 g/mol. The van der Waals surface area contributed by atoms with Gasteiger partial charge in [0.1, 0.15) is 24.8 Å². The second-order valence-electron chi connectivity index (χ2n) is 4.36. The van der Waals surface area contributed by atoms with Gasteiger partial charge in [-0.15, -0.1) is 0 Å². The number of halogens is 1. The van der Waals surface area contributed by atoms with Crippen molar-refractivity contribution in [1.29, 1.82) is 0 Å². The number of ether oxygens (including phenoxy) is 1. The van der Waals surface area contributed by atoms with Gasteiger partial charge < -0.3 is 14.9 Å². The maximum atomic E-state index is 13.5. The molecule has 0 saturated heterocycles. The number of rotatable bonds is 4. The van der Waals surface area contributed by atoms with Crippen LogP contribution in [0, 0.1) is 17.7 Å². The lowest BCUT2D eigenvalue weighted by Gasteiger charge is -2.10. The van der Waals surface area contributed by atoms with E-state index < -0.39 is 5.82 Å². The maximum absolute atomic E-state index is 13.5. The lowest BCUT2D eigenvalue weighted by atomic mass is 10.1. The molecule has 0 amide bonds. The summed E-state index contributed by atoms with van der Waals surface area (Å²) in [4.78, 5) is 0. The highest BCUT2D eigenvalue weighted by atomic mass is 19.1. The van der Waals surface area contributed by atoms with Gasteiger partial charge in [-0.05, 0) is 29.8 Å². The van der Waals surface area contributed by atoms with E-state index in [-0.39, 0.29) is 19.8 Å². The molecule has 0 aliphatic heterocycles. The molecule has 21 heavy (non-hydrogen) atoms. The fraction of sp³-hybridized carbons (Fsp3) is 0.176. The number of hydrogen-bond acceptors (Lipinski definition) is 3. The van der Waals surface area contributed by atoms with Gasteiger partial charge in [0.25, 0.3) is 0 Å². The van der Waals surface area contributed by atoms with Gasteiger partial charge in [-0.2, -0.15) is 0 Å². The van der Waals surface area contributed by atoms with E-state index in [0.717, 1.165) is 0 Å². The summed E-state index contributed by atoms with van der Waals surface area (Å²) in [5.74, 6) is 5.29. The number of aliphatic hydroxyl groups is 2. The molecule has 108 valence electrons. The minimum Gasteiger partial charge on any atom is -0.489 e. The zero-order valence-electron chi connectivity index (χ0n) is 11.3. The Morgan fingerprint density at radius 3 is 2.67 bits per heavy atom. The van der Waals surface area contributed by atoms with Crippen molar-refractivity contribution in [2.24, 2.45) is 0 Å². The quantitative estimate of drug-likeness (QED) is 0.848. The Kier molecular flexibility index (Phi) is 5.33. The number of aliphatic hydroxyl groups excluding tert-OH is 2. The Labute approximate surface area is 122 Å². The van der Waals surface area contributed by atoms with E-state index in [1.54, 1.807) is 24.3 Å². The summed E-state index contributed by atoms with van der Waals surface area (Å²) in [7, 11) is 0. The standard InChI is InChI=1S/C17H15FO3/c18-16-9-13(4-3-7-19)8-14(10-16)12-21-17-6-2-1-5-15(17)11-20/h1-2,5-6,8-10,19-20H,7,11-12H2. The van der Waals surface area contributed by atoms with Crippen molar-refractivity contribution in [2.45, 2.75) is 13.2 Å². The largest absolute Gasteiger partial charge is 0.489 e. The van der Waals surface area contributed by atoms with Crippen LogP contribution in [0.25, 0.3) is 0 Å². The molecule has 2 N–H and O–H groups in total. The van der Waals surface area contributed by atoms with Crippen molar-refractivity contribution in [1.82, 2.24) is 0 Å². The molecule has 0 aromatic heterocycles. The molecule has 0 unspecified atom stereocenters. The van der Waals surface area contributed by atoms with Gasteiger partial charge in [0.2, 0.25) is 0 Å². The van der Waals surface area contributed by atoms with Crippen molar-refractivity contribution in [3.8, 4) is 17.6 Å². The van der Waals surface area contributed by atoms with Crippen LogP contribution in [0.2, 0.25) is 0 Å². The predicted molar refractivity (Wildman–Crippen MR) is 77.1 cm³/mol. The van der Waals surface area contributed by atoms with E-state index in [9.17, 15) is 9.50 Å². The third kappa shape index (κ3) is 4.32. The van der Waals surface area contributed by atoms with Crippen molar-refractivity contribution in [3.05, 3.63) is 65.0 Å². The van der Waals surface area contributed by atoms with Crippen LogP contribution >= 0.6 is 0 Å². The molecule has 0 atom stereocenters.